The third kappa shape index (κ3) is 8.88. The van der Waals surface area contributed by atoms with Crippen LogP contribution in [-0.4, -0.2) is 65.9 Å². The number of aromatic amines is 1. The zero-order valence-corrected chi connectivity index (χ0v) is 23.7. The van der Waals surface area contributed by atoms with Crippen molar-refractivity contribution in [1.82, 2.24) is 14.9 Å². The lowest BCUT2D eigenvalue weighted by atomic mass is 9.96. The maximum Gasteiger partial charge on any atom is 0.336 e. The van der Waals surface area contributed by atoms with Crippen LogP contribution in [0.4, 0.5) is 0 Å². The van der Waals surface area contributed by atoms with Gasteiger partial charge in [-0.25, -0.2) is 4.79 Å². The molecule has 0 aliphatic heterocycles. The lowest BCUT2D eigenvalue weighted by Crippen LogP contribution is -2.42. The van der Waals surface area contributed by atoms with E-state index >= 15 is 0 Å². The summed E-state index contributed by atoms with van der Waals surface area (Å²) in [6, 6.07) is 19.2. The van der Waals surface area contributed by atoms with E-state index in [1.807, 2.05) is 18.5 Å². The second-order valence-electron chi connectivity index (χ2n) is 10.1. The van der Waals surface area contributed by atoms with Crippen molar-refractivity contribution in [2.24, 2.45) is 0 Å². The molecule has 4 rings (SSSR count). The first-order valence-corrected chi connectivity index (χ1v) is 13.1. The molecule has 0 atom stereocenters. The molecule has 4 aromatic rings. The Bertz CT molecular complexity index is 1500. The number of nitrogens with one attached hydrogen (secondary N) is 1. The number of aromatic nitrogens is 2. The molecule has 0 saturated heterocycles. The Labute approximate surface area is 243 Å². The molecule has 2 aromatic heterocycles. The number of nitrogens with zero attached hydrogens (tertiary/aromatic N) is 2. The predicted octanol–water partition coefficient (Wildman–Crippen LogP) is 4.14. The summed E-state index contributed by atoms with van der Waals surface area (Å²) < 4.78 is 5.41. The van der Waals surface area contributed by atoms with Gasteiger partial charge in [-0.1, -0.05) is 29.8 Å². The number of ether oxygens (including phenoxy) is 1. The van der Waals surface area contributed by atoms with E-state index in [1.54, 1.807) is 7.11 Å². The van der Waals surface area contributed by atoms with Crippen molar-refractivity contribution in [1.29, 1.82) is 0 Å². The van der Waals surface area contributed by atoms with Crippen molar-refractivity contribution >= 4 is 28.8 Å². The maximum atomic E-state index is 10.3. The molecule has 5 N–H and O–H groups in total. The number of aryl methyl sites for hydroxylation is 2. The highest BCUT2D eigenvalue weighted by molar-refractivity contribution is 5.88. The normalized spacial score (nSPS) is 11.2. The average molecular weight is 578 g/mol. The Balaban J connectivity index is 0.000000316. The number of carboxylic acids is 3. The lowest BCUT2D eigenvalue weighted by molar-refractivity contribution is -0.170. The number of fused-ring (bicyclic) bond motifs is 1. The van der Waals surface area contributed by atoms with E-state index in [-0.39, 0.29) is 0 Å². The van der Waals surface area contributed by atoms with Gasteiger partial charge in [0, 0.05) is 48.6 Å². The largest absolute Gasteiger partial charge is 0.497 e. The molecule has 0 unspecified atom stereocenters. The van der Waals surface area contributed by atoms with Crippen molar-refractivity contribution in [3.8, 4) is 5.75 Å². The van der Waals surface area contributed by atoms with E-state index < -0.39 is 36.4 Å². The Morgan fingerprint density at radius 1 is 0.857 bits per heavy atom. The van der Waals surface area contributed by atoms with Gasteiger partial charge in [0.05, 0.1) is 20.0 Å². The number of pyridine rings is 1. The van der Waals surface area contributed by atoms with E-state index in [2.05, 4.69) is 77.2 Å². The first-order valence-electron chi connectivity index (χ1n) is 13.1. The highest BCUT2D eigenvalue weighted by Crippen LogP contribution is 2.27. The minimum Gasteiger partial charge on any atom is -0.497 e. The molecule has 2 aromatic carbocycles. The van der Waals surface area contributed by atoms with Gasteiger partial charge in [-0.15, -0.1) is 0 Å². The molecular formula is C31H35N3O8. The van der Waals surface area contributed by atoms with Crippen LogP contribution >= 0.6 is 0 Å². The third-order valence-electron chi connectivity index (χ3n) is 6.72. The Hall–Kier alpha value is -4.74. The van der Waals surface area contributed by atoms with Crippen molar-refractivity contribution in [3.05, 3.63) is 94.9 Å². The fourth-order valence-electron chi connectivity index (χ4n) is 4.45. The first-order chi connectivity index (χ1) is 19.9. The van der Waals surface area contributed by atoms with Gasteiger partial charge in [0.25, 0.3) is 0 Å². The van der Waals surface area contributed by atoms with Crippen LogP contribution < -0.4 is 4.74 Å². The smallest absolute Gasteiger partial charge is 0.336 e. The molecule has 222 valence electrons. The van der Waals surface area contributed by atoms with Gasteiger partial charge >= 0.3 is 17.9 Å². The fourth-order valence-corrected chi connectivity index (χ4v) is 4.45. The number of benzene rings is 2. The van der Waals surface area contributed by atoms with Crippen molar-refractivity contribution < 1.29 is 39.5 Å². The van der Waals surface area contributed by atoms with Crippen LogP contribution in [0.2, 0.25) is 0 Å². The number of aliphatic carboxylic acids is 3. The van der Waals surface area contributed by atoms with E-state index in [4.69, 9.17) is 25.2 Å². The number of rotatable bonds is 12. The standard InChI is InChI=1S/C25H27N3O.C6H8O7/c1-18-4-6-20(7-5-18)15-28(16-21-10-12-26-13-11-21)17-25-19(2)23-14-22(29-3)8-9-24(23)27-25;7-3(8)1-6(13,5(11)12)2-4(9)10/h4-14,27H,15-17H2,1-3H3;13H,1-2H2,(H,7,8)(H,9,10)(H,11,12). The van der Waals surface area contributed by atoms with Crippen LogP contribution in [0.25, 0.3) is 10.9 Å². The number of carboxylic acid groups (broad SMARTS) is 3. The first kappa shape index (κ1) is 31.8. The number of aliphatic hydroxyl groups is 1. The number of methoxy groups -OCH3 is 1. The molecule has 0 aliphatic rings. The summed E-state index contributed by atoms with van der Waals surface area (Å²) in [4.78, 5) is 40.7. The van der Waals surface area contributed by atoms with Gasteiger partial charge in [0.1, 0.15) is 5.75 Å². The Morgan fingerprint density at radius 2 is 1.43 bits per heavy atom. The van der Waals surface area contributed by atoms with Crippen LogP contribution in [0, 0.1) is 13.8 Å². The van der Waals surface area contributed by atoms with Crippen molar-refractivity contribution in [2.45, 2.75) is 51.9 Å². The molecule has 11 heteroatoms. The summed E-state index contributed by atoms with van der Waals surface area (Å²) in [6.07, 6.45) is 1.43. The van der Waals surface area contributed by atoms with Gasteiger partial charge in [-0.05, 0) is 60.9 Å². The second-order valence-corrected chi connectivity index (χ2v) is 10.1. The maximum absolute atomic E-state index is 10.3. The fraction of sp³-hybridized carbons (Fsp3) is 0.290. The Kier molecular flexibility index (Phi) is 10.8. The zero-order valence-electron chi connectivity index (χ0n) is 23.7. The van der Waals surface area contributed by atoms with Gasteiger partial charge in [-0.3, -0.25) is 19.5 Å². The van der Waals surface area contributed by atoms with Crippen LogP contribution in [0.5, 0.6) is 5.75 Å². The van der Waals surface area contributed by atoms with E-state index in [9.17, 15) is 14.4 Å². The summed E-state index contributed by atoms with van der Waals surface area (Å²) in [5.41, 5.74) is 4.81. The molecule has 42 heavy (non-hydrogen) atoms. The molecule has 0 bridgehead atoms. The van der Waals surface area contributed by atoms with Crippen LogP contribution in [0.3, 0.4) is 0 Å². The minimum atomic E-state index is -2.74. The van der Waals surface area contributed by atoms with Gasteiger partial charge in [0.2, 0.25) is 0 Å². The van der Waals surface area contributed by atoms with E-state index in [0.717, 1.165) is 30.9 Å². The molecule has 0 radical (unpaired) electrons. The molecule has 0 amide bonds. The third-order valence-corrected chi connectivity index (χ3v) is 6.72. The molecule has 0 aliphatic carbocycles. The molecule has 0 saturated carbocycles. The number of hydrogen-bond donors (Lipinski definition) is 5. The van der Waals surface area contributed by atoms with Gasteiger partial charge < -0.3 is 30.1 Å². The summed E-state index contributed by atoms with van der Waals surface area (Å²) in [6.45, 7) is 6.92. The number of carbonyl (C=O) groups is 3. The highest BCUT2D eigenvalue weighted by Gasteiger charge is 2.40. The summed E-state index contributed by atoms with van der Waals surface area (Å²) in [5, 5.41) is 35.0. The summed E-state index contributed by atoms with van der Waals surface area (Å²) in [5.74, 6) is -4.13. The minimum absolute atomic E-state index is 0.846. The topological polar surface area (TPSA) is 173 Å². The lowest BCUT2D eigenvalue weighted by Gasteiger charge is -2.22. The van der Waals surface area contributed by atoms with Gasteiger partial charge in [0.15, 0.2) is 5.60 Å². The molecule has 11 nitrogen and oxygen atoms in total. The highest BCUT2D eigenvalue weighted by atomic mass is 16.5. The predicted molar refractivity (Wildman–Crippen MR) is 155 cm³/mol. The summed E-state index contributed by atoms with van der Waals surface area (Å²) in [7, 11) is 1.71. The molecule has 2 heterocycles. The number of hydrogen-bond acceptors (Lipinski definition) is 7. The molecular weight excluding hydrogens is 542 g/mol. The van der Waals surface area contributed by atoms with Crippen LogP contribution in [-0.2, 0) is 34.0 Å². The summed E-state index contributed by atoms with van der Waals surface area (Å²) >= 11 is 0. The van der Waals surface area contributed by atoms with Crippen LogP contribution in [0.1, 0.15) is 40.8 Å². The van der Waals surface area contributed by atoms with Gasteiger partial charge in [-0.2, -0.15) is 0 Å². The average Bonchev–Trinajstić information content (AvgIpc) is 3.24. The zero-order chi connectivity index (χ0) is 30.9. The van der Waals surface area contributed by atoms with Crippen molar-refractivity contribution in [2.75, 3.05) is 7.11 Å². The SMILES string of the molecule is COc1ccc2[nH]c(CN(Cc3ccncc3)Cc3ccc(C)cc3)c(C)c2c1.O=C(O)CC(O)(CC(=O)O)C(=O)O. The Morgan fingerprint density at radius 3 is 1.95 bits per heavy atom. The number of H-pyrrole nitrogens is 1. The second kappa shape index (κ2) is 14.2. The quantitative estimate of drug-likeness (QED) is 0.165. The van der Waals surface area contributed by atoms with Crippen molar-refractivity contribution in [3.63, 3.8) is 0 Å². The van der Waals surface area contributed by atoms with E-state index in [0.29, 0.717) is 0 Å². The van der Waals surface area contributed by atoms with Crippen LogP contribution in [0.15, 0.2) is 67.0 Å². The molecule has 0 fully saturated rings. The van der Waals surface area contributed by atoms with E-state index in [1.165, 1.54) is 33.3 Å². The molecule has 0 spiro atoms. The monoisotopic (exact) mass is 577 g/mol.